The lowest BCUT2D eigenvalue weighted by atomic mass is 9.96. The molecule has 1 unspecified atom stereocenters. The van der Waals surface area contributed by atoms with E-state index in [-0.39, 0.29) is 22.8 Å². The minimum atomic E-state index is -3.57. The van der Waals surface area contributed by atoms with E-state index in [0.717, 1.165) is 32.1 Å². The number of anilines is 1. The Bertz CT molecular complexity index is 547. The summed E-state index contributed by atoms with van der Waals surface area (Å²) in [5.74, 6) is 0.225. The van der Waals surface area contributed by atoms with Crippen LogP contribution in [0.1, 0.15) is 58.4 Å². The molecule has 2 rings (SSSR count). The first kappa shape index (κ1) is 15.3. The number of nitrogens with one attached hydrogen (secondary N) is 1. The zero-order valence-corrected chi connectivity index (χ0v) is 13.0. The summed E-state index contributed by atoms with van der Waals surface area (Å²) in [6.07, 6.45) is 7.35. The van der Waals surface area contributed by atoms with E-state index in [4.69, 9.17) is 5.73 Å². The topological polar surface area (TPSA) is 90.0 Å². The van der Waals surface area contributed by atoms with Gasteiger partial charge in [0.1, 0.15) is 10.7 Å². The smallest absolute Gasteiger partial charge is 0.246 e. The maximum atomic E-state index is 12.4. The third-order valence-electron chi connectivity index (χ3n) is 4.02. The number of aromatic nitrogens is 2. The molecule has 1 aliphatic carbocycles. The molecule has 1 atom stereocenters. The summed E-state index contributed by atoms with van der Waals surface area (Å²) >= 11 is 0. The molecular weight excluding hydrogens is 276 g/mol. The Morgan fingerprint density at radius 2 is 2.10 bits per heavy atom. The van der Waals surface area contributed by atoms with Gasteiger partial charge in [0.05, 0.1) is 12.2 Å². The lowest BCUT2D eigenvalue weighted by Crippen LogP contribution is -2.36. The average Bonchev–Trinajstić information content (AvgIpc) is 2.81. The van der Waals surface area contributed by atoms with Crippen LogP contribution in [-0.2, 0) is 10.0 Å². The van der Waals surface area contributed by atoms with Gasteiger partial charge in [-0.2, -0.15) is 5.10 Å². The van der Waals surface area contributed by atoms with Gasteiger partial charge in [0.2, 0.25) is 10.0 Å². The lowest BCUT2D eigenvalue weighted by molar-refractivity contribution is 0.412. The first-order chi connectivity index (χ1) is 9.45. The standard InChI is InChI=1S/C13H24N4O2S/c1-3-10(2)17-13(14)12(9-15-17)20(18,19)16-11-7-5-4-6-8-11/h9-11,16H,3-8,14H2,1-2H3. The summed E-state index contributed by atoms with van der Waals surface area (Å²) in [6, 6.07) is 0.119. The maximum absolute atomic E-state index is 12.4. The Kier molecular flexibility index (Phi) is 4.70. The van der Waals surface area contributed by atoms with Crippen molar-refractivity contribution in [1.82, 2.24) is 14.5 Å². The fraction of sp³-hybridized carbons (Fsp3) is 0.769. The molecule has 3 N–H and O–H groups in total. The van der Waals surface area contributed by atoms with E-state index in [1.807, 2.05) is 13.8 Å². The number of nitrogens with two attached hydrogens (primary N) is 1. The van der Waals surface area contributed by atoms with Crippen LogP contribution in [0, 0.1) is 0 Å². The van der Waals surface area contributed by atoms with Crippen LogP contribution >= 0.6 is 0 Å². The second-order valence-corrected chi connectivity index (χ2v) is 7.23. The molecular formula is C13H24N4O2S. The summed E-state index contributed by atoms with van der Waals surface area (Å²) < 4.78 is 29.1. The van der Waals surface area contributed by atoms with Gasteiger partial charge < -0.3 is 5.73 Å². The van der Waals surface area contributed by atoms with Crippen molar-refractivity contribution in [3.05, 3.63) is 6.20 Å². The van der Waals surface area contributed by atoms with Crippen molar-refractivity contribution in [2.75, 3.05) is 5.73 Å². The molecule has 1 aromatic heterocycles. The van der Waals surface area contributed by atoms with Gasteiger partial charge in [-0.25, -0.2) is 17.8 Å². The second kappa shape index (κ2) is 6.13. The van der Waals surface area contributed by atoms with Gasteiger partial charge in [-0.05, 0) is 26.2 Å². The molecule has 1 aliphatic rings. The van der Waals surface area contributed by atoms with Gasteiger partial charge >= 0.3 is 0 Å². The van der Waals surface area contributed by atoms with Gasteiger partial charge in [-0.15, -0.1) is 0 Å². The molecule has 1 fully saturated rings. The third kappa shape index (κ3) is 3.15. The fourth-order valence-corrected chi connectivity index (χ4v) is 3.95. The molecule has 1 saturated carbocycles. The van der Waals surface area contributed by atoms with Gasteiger partial charge in [0, 0.05) is 6.04 Å². The summed E-state index contributed by atoms with van der Waals surface area (Å²) in [5, 5.41) is 4.12. The van der Waals surface area contributed by atoms with Crippen molar-refractivity contribution >= 4 is 15.8 Å². The number of hydrogen-bond donors (Lipinski definition) is 2. The molecule has 0 aliphatic heterocycles. The summed E-state index contributed by atoms with van der Waals surface area (Å²) in [5.41, 5.74) is 5.95. The van der Waals surface area contributed by atoms with E-state index in [1.54, 1.807) is 4.68 Å². The number of nitrogens with zero attached hydrogens (tertiary/aromatic N) is 2. The highest BCUT2D eigenvalue weighted by Gasteiger charge is 2.26. The largest absolute Gasteiger partial charge is 0.383 e. The minimum Gasteiger partial charge on any atom is -0.383 e. The first-order valence-electron chi connectivity index (χ1n) is 7.31. The zero-order chi connectivity index (χ0) is 14.8. The average molecular weight is 300 g/mol. The highest BCUT2D eigenvalue weighted by atomic mass is 32.2. The number of sulfonamides is 1. The van der Waals surface area contributed by atoms with Crippen LogP contribution < -0.4 is 10.5 Å². The van der Waals surface area contributed by atoms with Crippen LogP contribution in [0.4, 0.5) is 5.82 Å². The van der Waals surface area contributed by atoms with Crippen molar-refractivity contribution in [3.63, 3.8) is 0 Å². The number of nitrogen functional groups attached to an aromatic ring is 1. The summed E-state index contributed by atoms with van der Waals surface area (Å²) in [6.45, 7) is 3.98. The van der Waals surface area contributed by atoms with E-state index >= 15 is 0 Å². The Morgan fingerprint density at radius 1 is 1.45 bits per heavy atom. The van der Waals surface area contributed by atoms with Crippen molar-refractivity contribution in [2.45, 2.75) is 69.4 Å². The van der Waals surface area contributed by atoms with Crippen LogP contribution in [0.15, 0.2) is 11.1 Å². The SMILES string of the molecule is CCC(C)n1ncc(S(=O)(=O)NC2CCCCC2)c1N. The Labute approximate surface area is 120 Å². The van der Waals surface area contributed by atoms with Gasteiger partial charge in [-0.1, -0.05) is 26.2 Å². The zero-order valence-electron chi connectivity index (χ0n) is 12.2. The lowest BCUT2D eigenvalue weighted by Gasteiger charge is -2.22. The van der Waals surface area contributed by atoms with Crippen molar-refractivity contribution < 1.29 is 8.42 Å². The summed E-state index contributed by atoms with van der Waals surface area (Å²) in [7, 11) is -3.57. The predicted molar refractivity (Wildman–Crippen MR) is 78.8 cm³/mol. The molecule has 0 amide bonds. The molecule has 114 valence electrons. The maximum Gasteiger partial charge on any atom is 0.246 e. The molecule has 6 nitrogen and oxygen atoms in total. The molecule has 1 heterocycles. The van der Waals surface area contributed by atoms with E-state index in [1.165, 1.54) is 12.6 Å². The van der Waals surface area contributed by atoms with Crippen LogP contribution in [0.25, 0.3) is 0 Å². The van der Waals surface area contributed by atoms with Crippen molar-refractivity contribution in [2.24, 2.45) is 0 Å². The highest BCUT2D eigenvalue weighted by Crippen LogP contribution is 2.24. The molecule has 0 saturated heterocycles. The third-order valence-corrected chi connectivity index (χ3v) is 5.56. The number of rotatable bonds is 5. The van der Waals surface area contributed by atoms with Crippen LogP contribution in [0.5, 0.6) is 0 Å². The van der Waals surface area contributed by atoms with E-state index in [9.17, 15) is 8.42 Å². The van der Waals surface area contributed by atoms with E-state index in [2.05, 4.69) is 9.82 Å². The van der Waals surface area contributed by atoms with Crippen LogP contribution in [0.2, 0.25) is 0 Å². The van der Waals surface area contributed by atoms with Crippen LogP contribution in [-0.4, -0.2) is 24.2 Å². The predicted octanol–water partition coefficient (Wildman–Crippen LogP) is 2.05. The Balaban J connectivity index is 2.19. The van der Waals surface area contributed by atoms with Gasteiger partial charge in [-0.3, -0.25) is 0 Å². The Morgan fingerprint density at radius 3 is 2.70 bits per heavy atom. The molecule has 1 aromatic rings. The minimum absolute atomic E-state index is 0.0279. The van der Waals surface area contributed by atoms with Gasteiger partial charge in [0.15, 0.2) is 0 Å². The van der Waals surface area contributed by atoms with Crippen molar-refractivity contribution in [3.8, 4) is 0 Å². The molecule has 0 spiro atoms. The van der Waals surface area contributed by atoms with Gasteiger partial charge in [0.25, 0.3) is 0 Å². The van der Waals surface area contributed by atoms with E-state index < -0.39 is 10.0 Å². The molecule has 0 radical (unpaired) electrons. The first-order valence-corrected chi connectivity index (χ1v) is 8.79. The molecule has 20 heavy (non-hydrogen) atoms. The van der Waals surface area contributed by atoms with E-state index in [0.29, 0.717) is 0 Å². The monoisotopic (exact) mass is 300 g/mol. The number of hydrogen-bond acceptors (Lipinski definition) is 4. The highest BCUT2D eigenvalue weighted by molar-refractivity contribution is 7.89. The summed E-state index contributed by atoms with van der Waals surface area (Å²) in [4.78, 5) is 0.100. The van der Waals surface area contributed by atoms with Crippen molar-refractivity contribution in [1.29, 1.82) is 0 Å². The second-order valence-electron chi connectivity index (χ2n) is 5.55. The van der Waals surface area contributed by atoms with Crippen LogP contribution in [0.3, 0.4) is 0 Å². The quantitative estimate of drug-likeness (QED) is 0.870. The fourth-order valence-electron chi connectivity index (χ4n) is 2.59. The Hall–Kier alpha value is -1.08. The molecule has 0 aromatic carbocycles. The normalized spacial score (nSPS) is 19.1. The molecule has 0 bridgehead atoms. The molecule has 7 heteroatoms.